The zero-order valence-corrected chi connectivity index (χ0v) is 5.72. The smallest absolute Gasteiger partial charge is 0.406 e. The topological polar surface area (TPSA) is 58.0 Å². The van der Waals surface area contributed by atoms with Gasteiger partial charge in [0.25, 0.3) is 0 Å². The molecule has 0 aliphatic rings. The Kier molecular flexibility index (Phi) is 1.87. The first-order chi connectivity index (χ1) is 5.38. The molecule has 2 N–H and O–H groups in total. The number of aromatic nitrogens is 2. The lowest BCUT2D eigenvalue weighted by Gasteiger charge is -2.04. The van der Waals surface area contributed by atoms with E-state index in [-0.39, 0.29) is 0 Å². The Labute approximate surface area is 64.3 Å². The maximum atomic E-state index is 11.7. The van der Waals surface area contributed by atoms with Crippen LogP contribution in [-0.2, 0) is 6.54 Å². The van der Waals surface area contributed by atoms with Gasteiger partial charge in [0.1, 0.15) is 6.54 Å². The molecule has 0 bridgehead atoms. The standard InChI is InChI=1S/C5H5F3N2O2/c6-5(7,8)2-10-1-3(11)9-4(10)12/h1,11H,2H2,(H,9,12). The van der Waals surface area contributed by atoms with Gasteiger partial charge >= 0.3 is 11.9 Å². The minimum Gasteiger partial charge on any atom is -0.493 e. The van der Waals surface area contributed by atoms with E-state index in [9.17, 15) is 18.0 Å². The Hall–Kier alpha value is -1.40. The minimum atomic E-state index is -4.46. The number of imidazole rings is 1. The third-order valence-corrected chi connectivity index (χ3v) is 1.12. The zero-order valence-electron chi connectivity index (χ0n) is 5.72. The Balaban J connectivity index is 2.90. The fraction of sp³-hybridized carbons (Fsp3) is 0.400. The molecule has 0 aliphatic carbocycles. The van der Waals surface area contributed by atoms with Crippen LogP contribution in [0.1, 0.15) is 0 Å². The summed E-state index contributed by atoms with van der Waals surface area (Å²) in [6, 6.07) is 0. The lowest BCUT2D eigenvalue weighted by atomic mass is 10.6. The highest BCUT2D eigenvalue weighted by atomic mass is 19.4. The van der Waals surface area contributed by atoms with Gasteiger partial charge in [-0.15, -0.1) is 0 Å². The number of nitrogens with zero attached hydrogens (tertiary/aromatic N) is 1. The van der Waals surface area contributed by atoms with Crippen molar-refractivity contribution in [2.24, 2.45) is 0 Å². The van der Waals surface area contributed by atoms with Crippen LogP contribution in [-0.4, -0.2) is 20.8 Å². The summed E-state index contributed by atoms with van der Waals surface area (Å²) in [6.45, 7) is -1.40. The van der Waals surface area contributed by atoms with E-state index in [1.54, 1.807) is 4.98 Å². The number of hydrogen-bond acceptors (Lipinski definition) is 2. The highest BCUT2D eigenvalue weighted by Crippen LogP contribution is 2.16. The van der Waals surface area contributed by atoms with E-state index in [1.807, 2.05) is 0 Å². The molecule has 4 nitrogen and oxygen atoms in total. The van der Waals surface area contributed by atoms with Crippen molar-refractivity contribution in [2.75, 3.05) is 0 Å². The molecule has 0 amide bonds. The molecule has 0 fully saturated rings. The molecule has 1 aromatic rings. The summed E-state index contributed by atoms with van der Waals surface area (Å²) < 4.78 is 35.4. The number of nitrogens with one attached hydrogen (secondary N) is 1. The molecule has 0 unspecified atom stereocenters. The first-order valence-corrected chi connectivity index (χ1v) is 2.93. The Morgan fingerprint density at radius 1 is 1.58 bits per heavy atom. The van der Waals surface area contributed by atoms with Gasteiger partial charge in [0, 0.05) is 0 Å². The molecule has 0 atom stereocenters. The van der Waals surface area contributed by atoms with Crippen LogP contribution in [0, 0.1) is 0 Å². The van der Waals surface area contributed by atoms with Gasteiger partial charge < -0.3 is 5.11 Å². The predicted molar refractivity (Wildman–Crippen MR) is 32.8 cm³/mol. The van der Waals surface area contributed by atoms with E-state index in [0.29, 0.717) is 10.8 Å². The highest BCUT2D eigenvalue weighted by Gasteiger charge is 2.28. The fourth-order valence-electron chi connectivity index (χ4n) is 0.730. The Morgan fingerprint density at radius 2 is 2.17 bits per heavy atom. The lowest BCUT2D eigenvalue weighted by Crippen LogP contribution is -2.25. The second-order valence-electron chi connectivity index (χ2n) is 2.19. The maximum absolute atomic E-state index is 11.7. The van der Waals surface area contributed by atoms with Crippen LogP contribution in [0.25, 0.3) is 0 Å². The van der Waals surface area contributed by atoms with Crippen molar-refractivity contribution < 1.29 is 18.3 Å². The van der Waals surface area contributed by atoms with Crippen LogP contribution >= 0.6 is 0 Å². The normalized spacial score (nSPS) is 11.9. The van der Waals surface area contributed by atoms with Crippen LogP contribution in [0.3, 0.4) is 0 Å². The van der Waals surface area contributed by atoms with Crippen molar-refractivity contribution in [3.63, 3.8) is 0 Å². The molecule has 0 aromatic carbocycles. The van der Waals surface area contributed by atoms with Gasteiger partial charge in [0.15, 0.2) is 0 Å². The molecule has 0 spiro atoms. The average molecular weight is 182 g/mol. The molecule has 0 saturated heterocycles. The Morgan fingerprint density at radius 3 is 2.50 bits per heavy atom. The van der Waals surface area contributed by atoms with Crippen molar-refractivity contribution in [1.82, 2.24) is 9.55 Å². The summed E-state index contributed by atoms with van der Waals surface area (Å²) in [7, 11) is 0. The summed E-state index contributed by atoms with van der Waals surface area (Å²) in [4.78, 5) is 12.4. The number of H-pyrrole nitrogens is 1. The summed E-state index contributed by atoms with van der Waals surface area (Å²) in [5.74, 6) is -0.579. The van der Waals surface area contributed by atoms with E-state index in [0.717, 1.165) is 0 Å². The molecular formula is C5H5F3N2O2. The van der Waals surface area contributed by atoms with E-state index in [4.69, 9.17) is 5.11 Å². The lowest BCUT2D eigenvalue weighted by molar-refractivity contribution is -0.141. The number of aromatic amines is 1. The van der Waals surface area contributed by atoms with Crippen molar-refractivity contribution in [3.05, 3.63) is 16.7 Å². The molecular weight excluding hydrogens is 177 g/mol. The monoisotopic (exact) mass is 182 g/mol. The number of rotatable bonds is 1. The first-order valence-electron chi connectivity index (χ1n) is 2.93. The number of halogens is 3. The van der Waals surface area contributed by atoms with E-state index < -0.39 is 24.3 Å². The van der Waals surface area contributed by atoms with Crippen molar-refractivity contribution in [3.8, 4) is 5.88 Å². The van der Waals surface area contributed by atoms with Gasteiger partial charge in [-0.25, -0.2) is 4.79 Å². The SMILES string of the molecule is O=c1[nH]c(O)cn1CC(F)(F)F. The number of alkyl halides is 3. The van der Waals surface area contributed by atoms with Gasteiger partial charge in [-0.1, -0.05) is 0 Å². The number of hydrogen-bond donors (Lipinski definition) is 2. The molecule has 0 saturated carbocycles. The van der Waals surface area contributed by atoms with E-state index in [2.05, 4.69) is 0 Å². The van der Waals surface area contributed by atoms with E-state index >= 15 is 0 Å². The molecule has 0 radical (unpaired) electrons. The van der Waals surface area contributed by atoms with Crippen LogP contribution in [0.15, 0.2) is 11.0 Å². The largest absolute Gasteiger partial charge is 0.493 e. The third kappa shape index (κ3) is 2.04. The second-order valence-corrected chi connectivity index (χ2v) is 2.19. The summed E-state index contributed by atoms with van der Waals surface area (Å²) in [6.07, 6.45) is -3.77. The number of aromatic hydroxyl groups is 1. The van der Waals surface area contributed by atoms with Crippen molar-refractivity contribution in [2.45, 2.75) is 12.7 Å². The summed E-state index contributed by atoms with van der Waals surface area (Å²) in [5, 5.41) is 8.59. The first kappa shape index (κ1) is 8.69. The van der Waals surface area contributed by atoms with Gasteiger partial charge in [-0.2, -0.15) is 13.2 Å². The predicted octanol–water partition coefficient (Wildman–Crippen LogP) is 0.444. The van der Waals surface area contributed by atoms with Gasteiger partial charge in [-0.05, 0) is 0 Å². The highest BCUT2D eigenvalue weighted by molar-refractivity contribution is 5.00. The minimum absolute atomic E-state index is 0.343. The third-order valence-electron chi connectivity index (χ3n) is 1.12. The second kappa shape index (κ2) is 2.58. The average Bonchev–Trinajstić information content (AvgIpc) is 2.06. The summed E-state index contributed by atoms with van der Waals surface area (Å²) in [5.41, 5.74) is -0.982. The molecule has 7 heteroatoms. The van der Waals surface area contributed by atoms with Crippen molar-refractivity contribution >= 4 is 0 Å². The molecule has 1 rings (SSSR count). The van der Waals surface area contributed by atoms with Crippen molar-refractivity contribution in [1.29, 1.82) is 0 Å². The van der Waals surface area contributed by atoms with Crippen LogP contribution in [0.4, 0.5) is 13.2 Å². The maximum Gasteiger partial charge on any atom is 0.406 e. The van der Waals surface area contributed by atoms with Crippen LogP contribution < -0.4 is 5.69 Å². The van der Waals surface area contributed by atoms with Crippen LogP contribution in [0.2, 0.25) is 0 Å². The van der Waals surface area contributed by atoms with Crippen LogP contribution in [0.5, 0.6) is 5.88 Å². The summed E-state index contributed by atoms with van der Waals surface area (Å²) >= 11 is 0. The molecule has 12 heavy (non-hydrogen) atoms. The fourth-order valence-corrected chi connectivity index (χ4v) is 0.730. The quantitative estimate of drug-likeness (QED) is 0.662. The van der Waals surface area contributed by atoms with Gasteiger partial charge in [-0.3, -0.25) is 9.55 Å². The molecule has 1 aromatic heterocycles. The Bertz CT molecular complexity index is 324. The zero-order chi connectivity index (χ0) is 9.35. The molecule has 68 valence electrons. The van der Waals surface area contributed by atoms with Gasteiger partial charge in [0.05, 0.1) is 6.20 Å². The molecule has 1 heterocycles. The van der Waals surface area contributed by atoms with Gasteiger partial charge in [0.2, 0.25) is 5.88 Å². The molecule has 0 aliphatic heterocycles. The van der Waals surface area contributed by atoms with E-state index in [1.165, 1.54) is 0 Å².